The molecule has 1 unspecified atom stereocenters. The normalized spacial score (nSPS) is 25.0. The summed E-state index contributed by atoms with van der Waals surface area (Å²) in [6.07, 6.45) is 2.38. The maximum atomic E-state index is 13.0. The molecular weight excluding hydrogens is 195 g/mol. The molecule has 0 heterocycles. The van der Waals surface area contributed by atoms with E-state index in [0.29, 0.717) is 6.42 Å². The van der Waals surface area contributed by atoms with Gasteiger partial charge in [-0.2, -0.15) is 0 Å². The van der Waals surface area contributed by atoms with E-state index in [-0.39, 0.29) is 12.4 Å². The van der Waals surface area contributed by atoms with Crippen LogP contribution < -0.4 is 0 Å². The van der Waals surface area contributed by atoms with Crippen molar-refractivity contribution in [2.24, 2.45) is 0 Å². The van der Waals surface area contributed by atoms with Gasteiger partial charge in [0.2, 0.25) is 0 Å². The Morgan fingerprint density at radius 3 is 3.07 bits per heavy atom. The minimum absolute atomic E-state index is 0.240. The van der Waals surface area contributed by atoms with Crippen LogP contribution in [0.3, 0.4) is 0 Å². The zero-order chi connectivity index (χ0) is 10.9. The first-order chi connectivity index (χ1) is 7.15. The summed E-state index contributed by atoms with van der Waals surface area (Å²) in [5, 5.41) is 10.4. The summed E-state index contributed by atoms with van der Waals surface area (Å²) in [5.74, 6) is -0.240. The number of benzene rings is 1. The predicted octanol–water partition coefficient (Wildman–Crippen LogP) is 2.00. The number of hydrogen-bond acceptors (Lipinski definition) is 2. The van der Waals surface area contributed by atoms with Gasteiger partial charge in [-0.1, -0.05) is 6.07 Å². The van der Waals surface area contributed by atoms with E-state index < -0.39 is 5.60 Å². The van der Waals surface area contributed by atoms with Crippen LogP contribution in [0.2, 0.25) is 0 Å². The number of methoxy groups -OCH3 is 1. The van der Waals surface area contributed by atoms with Gasteiger partial charge >= 0.3 is 0 Å². The summed E-state index contributed by atoms with van der Waals surface area (Å²) in [4.78, 5) is 0. The Balaban J connectivity index is 2.42. The van der Waals surface area contributed by atoms with Crippen LogP contribution >= 0.6 is 0 Å². The van der Waals surface area contributed by atoms with Crippen molar-refractivity contribution in [2.75, 3.05) is 13.7 Å². The second-order valence-electron chi connectivity index (χ2n) is 4.12. The Morgan fingerprint density at radius 2 is 2.33 bits per heavy atom. The summed E-state index contributed by atoms with van der Waals surface area (Å²) in [7, 11) is 1.57. The topological polar surface area (TPSA) is 29.5 Å². The molecule has 0 saturated carbocycles. The zero-order valence-electron chi connectivity index (χ0n) is 8.79. The quantitative estimate of drug-likeness (QED) is 0.809. The van der Waals surface area contributed by atoms with Crippen molar-refractivity contribution in [1.82, 2.24) is 0 Å². The van der Waals surface area contributed by atoms with Gasteiger partial charge in [0, 0.05) is 7.11 Å². The van der Waals surface area contributed by atoms with Crippen LogP contribution in [0.1, 0.15) is 24.0 Å². The molecule has 3 heteroatoms. The zero-order valence-corrected chi connectivity index (χ0v) is 8.79. The molecule has 82 valence electrons. The summed E-state index contributed by atoms with van der Waals surface area (Å²) in [6, 6.07) is 4.57. The SMILES string of the molecule is COCC1(O)CCCc2cc(F)ccc21. The number of aryl methyl sites for hydroxylation is 1. The minimum atomic E-state index is -0.934. The van der Waals surface area contributed by atoms with E-state index in [0.717, 1.165) is 24.0 Å². The highest BCUT2D eigenvalue weighted by Gasteiger charge is 2.34. The first-order valence-electron chi connectivity index (χ1n) is 5.16. The fourth-order valence-electron chi connectivity index (χ4n) is 2.32. The maximum absolute atomic E-state index is 13.0. The Bertz CT molecular complexity index is 365. The average molecular weight is 210 g/mol. The Hall–Kier alpha value is -0.930. The van der Waals surface area contributed by atoms with Gasteiger partial charge in [0.1, 0.15) is 11.4 Å². The van der Waals surface area contributed by atoms with Gasteiger partial charge in [-0.25, -0.2) is 4.39 Å². The lowest BCUT2D eigenvalue weighted by Gasteiger charge is -2.33. The van der Waals surface area contributed by atoms with E-state index >= 15 is 0 Å². The monoisotopic (exact) mass is 210 g/mol. The smallest absolute Gasteiger partial charge is 0.123 e. The van der Waals surface area contributed by atoms with Gasteiger partial charge in [0.05, 0.1) is 6.61 Å². The van der Waals surface area contributed by atoms with Crippen LogP contribution in [0.4, 0.5) is 4.39 Å². The molecule has 2 rings (SSSR count). The molecule has 1 N–H and O–H groups in total. The molecule has 0 radical (unpaired) electrons. The van der Waals surface area contributed by atoms with Crippen LogP contribution in [0.5, 0.6) is 0 Å². The Kier molecular flexibility index (Phi) is 2.76. The molecule has 0 aliphatic heterocycles. The number of fused-ring (bicyclic) bond motifs is 1. The van der Waals surface area contributed by atoms with Gasteiger partial charge in [-0.15, -0.1) is 0 Å². The van der Waals surface area contributed by atoms with Crippen molar-refractivity contribution < 1.29 is 14.2 Å². The van der Waals surface area contributed by atoms with E-state index in [4.69, 9.17) is 4.74 Å². The second-order valence-corrected chi connectivity index (χ2v) is 4.12. The largest absolute Gasteiger partial charge is 0.383 e. The Morgan fingerprint density at radius 1 is 1.53 bits per heavy atom. The fourth-order valence-corrected chi connectivity index (χ4v) is 2.32. The van der Waals surface area contributed by atoms with Crippen LogP contribution in [0, 0.1) is 5.82 Å². The third-order valence-corrected chi connectivity index (χ3v) is 2.99. The molecule has 0 spiro atoms. The molecule has 0 aromatic heterocycles. The van der Waals surface area contributed by atoms with E-state index in [9.17, 15) is 9.50 Å². The number of rotatable bonds is 2. The summed E-state index contributed by atoms with van der Waals surface area (Å²) < 4.78 is 18.0. The molecule has 1 atom stereocenters. The first kappa shape index (κ1) is 10.6. The number of ether oxygens (including phenoxy) is 1. The van der Waals surface area contributed by atoms with E-state index in [1.165, 1.54) is 12.1 Å². The second kappa shape index (κ2) is 3.91. The molecule has 1 aliphatic rings. The molecule has 1 aliphatic carbocycles. The molecule has 2 nitrogen and oxygen atoms in total. The number of halogens is 1. The van der Waals surface area contributed by atoms with Crippen molar-refractivity contribution in [2.45, 2.75) is 24.9 Å². The van der Waals surface area contributed by atoms with E-state index in [1.807, 2.05) is 0 Å². The van der Waals surface area contributed by atoms with Crippen molar-refractivity contribution >= 4 is 0 Å². The fraction of sp³-hybridized carbons (Fsp3) is 0.500. The maximum Gasteiger partial charge on any atom is 0.123 e. The van der Waals surface area contributed by atoms with Crippen molar-refractivity contribution in [3.05, 3.63) is 35.1 Å². The van der Waals surface area contributed by atoms with Gasteiger partial charge in [0.25, 0.3) is 0 Å². The summed E-state index contributed by atoms with van der Waals surface area (Å²) in [5.41, 5.74) is 0.786. The predicted molar refractivity (Wildman–Crippen MR) is 55.1 cm³/mol. The van der Waals surface area contributed by atoms with E-state index in [2.05, 4.69) is 0 Å². The van der Waals surface area contributed by atoms with Crippen molar-refractivity contribution in [3.63, 3.8) is 0 Å². The highest BCUT2D eigenvalue weighted by atomic mass is 19.1. The van der Waals surface area contributed by atoms with Crippen LogP contribution in [0.15, 0.2) is 18.2 Å². The van der Waals surface area contributed by atoms with E-state index in [1.54, 1.807) is 13.2 Å². The molecule has 0 fully saturated rings. The molecule has 0 bridgehead atoms. The molecule has 0 saturated heterocycles. The Labute approximate surface area is 88.7 Å². The van der Waals surface area contributed by atoms with Gasteiger partial charge in [-0.05, 0) is 42.5 Å². The molecular formula is C12H15FO2. The van der Waals surface area contributed by atoms with Crippen molar-refractivity contribution in [3.8, 4) is 0 Å². The van der Waals surface area contributed by atoms with Gasteiger partial charge in [0.15, 0.2) is 0 Å². The lowest BCUT2D eigenvalue weighted by Crippen LogP contribution is -2.35. The third-order valence-electron chi connectivity index (χ3n) is 2.99. The van der Waals surface area contributed by atoms with Crippen LogP contribution in [0.25, 0.3) is 0 Å². The highest BCUT2D eigenvalue weighted by Crippen LogP contribution is 2.35. The molecule has 15 heavy (non-hydrogen) atoms. The van der Waals surface area contributed by atoms with Crippen molar-refractivity contribution in [1.29, 1.82) is 0 Å². The third kappa shape index (κ3) is 1.90. The van der Waals surface area contributed by atoms with Gasteiger partial charge < -0.3 is 9.84 Å². The van der Waals surface area contributed by atoms with Crippen LogP contribution in [-0.2, 0) is 16.8 Å². The molecule has 1 aromatic carbocycles. The van der Waals surface area contributed by atoms with Crippen LogP contribution in [-0.4, -0.2) is 18.8 Å². The summed E-state index contributed by atoms with van der Waals surface area (Å²) >= 11 is 0. The molecule has 0 amide bonds. The summed E-state index contributed by atoms with van der Waals surface area (Å²) in [6.45, 7) is 0.269. The lowest BCUT2D eigenvalue weighted by atomic mass is 9.79. The standard InChI is InChI=1S/C12H15FO2/c1-15-8-12(14)6-2-3-9-7-10(13)4-5-11(9)12/h4-5,7,14H,2-3,6,8H2,1H3. The highest BCUT2D eigenvalue weighted by molar-refractivity contribution is 5.35. The number of aliphatic hydroxyl groups is 1. The lowest BCUT2D eigenvalue weighted by molar-refractivity contribution is -0.0479. The first-order valence-corrected chi connectivity index (χ1v) is 5.16. The van der Waals surface area contributed by atoms with Gasteiger partial charge in [-0.3, -0.25) is 0 Å². The average Bonchev–Trinajstić information content (AvgIpc) is 2.17. The minimum Gasteiger partial charge on any atom is -0.383 e. The number of hydrogen-bond donors (Lipinski definition) is 1. The molecule has 1 aromatic rings.